The quantitative estimate of drug-likeness (QED) is 0.674. The van der Waals surface area contributed by atoms with Gasteiger partial charge in [-0.15, -0.1) is 0 Å². The Labute approximate surface area is 125 Å². The molecule has 0 aliphatic rings. The molecule has 0 radical (unpaired) electrons. The summed E-state index contributed by atoms with van der Waals surface area (Å²) in [6.45, 7) is 8.22. The third-order valence-corrected chi connectivity index (χ3v) is 3.62. The molecule has 5 N–H and O–H groups in total. The molecular formula is C15H24N2O4. The lowest BCUT2D eigenvalue weighted by atomic mass is 9.84. The molecule has 0 unspecified atom stereocenters. The van der Waals surface area contributed by atoms with Gasteiger partial charge in [-0.3, -0.25) is 0 Å². The van der Waals surface area contributed by atoms with Crippen LogP contribution >= 0.6 is 0 Å². The van der Waals surface area contributed by atoms with Gasteiger partial charge in [0.25, 0.3) is 0 Å². The van der Waals surface area contributed by atoms with Crippen molar-refractivity contribution in [1.82, 2.24) is 5.32 Å². The van der Waals surface area contributed by atoms with Gasteiger partial charge in [-0.2, -0.15) is 0 Å². The molecule has 6 heteroatoms. The van der Waals surface area contributed by atoms with Crippen LogP contribution in [0.4, 0.5) is 0 Å². The summed E-state index contributed by atoms with van der Waals surface area (Å²) in [6, 6.07) is 5.48. The van der Waals surface area contributed by atoms with Crippen LogP contribution in [0.2, 0.25) is 0 Å². The highest BCUT2D eigenvalue weighted by atomic mass is 16.4. The average Bonchev–Trinajstić information content (AvgIpc) is 2.38. The fourth-order valence-electron chi connectivity index (χ4n) is 1.18. The molecule has 0 amide bonds. The fourth-order valence-corrected chi connectivity index (χ4v) is 1.18. The van der Waals surface area contributed by atoms with Crippen LogP contribution in [0.3, 0.4) is 0 Å². The van der Waals surface area contributed by atoms with Gasteiger partial charge in [0.2, 0.25) is 0 Å². The van der Waals surface area contributed by atoms with Crippen molar-refractivity contribution in [3.63, 3.8) is 0 Å². The van der Waals surface area contributed by atoms with Crippen LogP contribution in [0.25, 0.3) is 0 Å². The molecule has 0 bridgehead atoms. The number of aromatic carboxylic acids is 2. The minimum Gasteiger partial charge on any atom is -0.478 e. The summed E-state index contributed by atoms with van der Waals surface area (Å²) in [6.07, 6.45) is 0. The van der Waals surface area contributed by atoms with Gasteiger partial charge in [0.05, 0.1) is 11.1 Å². The first-order chi connectivity index (χ1) is 9.44. The highest BCUT2D eigenvalue weighted by Gasteiger charge is 2.31. The van der Waals surface area contributed by atoms with Gasteiger partial charge < -0.3 is 21.3 Å². The Morgan fingerprint density at radius 2 is 1.33 bits per heavy atom. The molecule has 0 spiro atoms. The van der Waals surface area contributed by atoms with E-state index in [1.165, 1.54) is 24.3 Å². The Kier molecular flexibility index (Phi) is 6.53. The van der Waals surface area contributed by atoms with Gasteiger partial charge >= 0.3 is 11.9 Å². The Bertz CT molecular complexity index is 472. The van der Waals surface area contributed by atoms with Crippen LogP contribution in [-0.2, 0) is 0 Å². The average molecular weight is 296 g/mol. The van der Waals surface area contributed by atoms with Crippen molar-refractivity contribution in [3.05, 3.63) is 35.4 Å². The summed E-state index contributed by atoms with van der Waals surface area (Å²) >= 11 is 0. The highest BCUT2D eigenvalue weighted by Crippen LogP contribution is 2.16. The predicted octanol–water partition coefficient (Wildman–Crippen LogP) is 1.80. The van der Waals surface area contributed by atoms with Crippen molar-refractivity contribution >= 4 is 11.9 Å². The van der Waals surface area contributed by atoms with Crippen LogP contribution in [0.1, 0.15) is 48.4 Å². The van der Waals surface area contributed by atoms with E-state index in [1.807, 2.05) is 20.9 Å². The van der Waals surface area contributed by atoms with Gasteiger partial charge in [0.1, 0.15) is 0 Å². The molecule has 0 aliphatic heterocycles. The van der Waals surface area contributed by atoms with Crippen LogP contribution in [-0.4, -0.2) is 40.3 Å². The van der Waals surface area contributed by atoms with Gasteiger partial charge in [-0.05, 0) is 46.9 Å². The molecular weight excluding hydrogens is 272 g/mol. The Hall–Kier alpha value is -1.92. The van der Waals surface area contributed by atoms with Crippen LogP contribution in [0.5, 0.6) is 0 Å². The van der Waals surface area contributed by atoms with E-state index in [0.717, 1.165) is 0 Å². The molecule has 0 fully saturated rings. The van der Waals surface area contributed by atoms with E-state index in [1.54, 1.807) is 0 Å². The normalized spacial score (nSPS) is 11.3. The number of nitrogens with two attached hydrogens (primary N) is 1. The summed E-state index contributed by atoms with van der Waals surface area (Å²) in [4.78, 5) is 20.9. The molecule has 6 nitrogen and oxygen atoms in total. The zero-order chi connectivity index (χ0) is 16.8. The number of hydrogen-bond donors (Lipinski definition) is 4. The summed E-state index contributed by atoms with van der Waals surface area (Å²) in [5.41, 5.74) is 5.32. The summed E-state index contributed by atoms with van der Waals surface area (Å²) in [5.74, 6) is -2.46. The maximum Gasteiger partial charge on any atom is 0.336 e. The SMILES string of the molecule is CNC(C)(C)C(C)(C)N.O=C(O)c1ccccc1C(=O)O. The Balaban J connectivity index is 0.000000400. The van der Waals surface area contributed by atoms with Gasteiger partial charge in [-0.25, -0.2) is 9.59 Å². The summed E-state index contributed by atoms with van der Waals surface area (Å²) in [5, 5.41) is 20.3. The van der Waals surface area contributed by atoms with E-state index in [4.69, 9.17) is 15.9 Å². The zero-order valence-electron chi connectivity index (χ0n) is 13.1. The second-order valence-electron chi connectivity index (χ2n) is 5.75. The van der Waals surface area contributed by atoms with Crippen LogP contribution in [0.15, 0.2) is 24.3 Å². The molecule has 1 rings (SSSR count). The van der Waals surface area contributed by atoms with Crippen molar-refractivity contribution in [1.29, 1.82) is 0 Å². The minimum absolute atomic E-state index is 0.00694. The molecule has 0 saturated heterocycles. The van der Waals surface area contributed by atoms with Crippen molar-refractivity contribution in [2.45, 2.75) is 38.8 Å². The van der Waals surface area contributed by atoms with Crippen molar-refractivity contribution in [2.75, 3.05) is 7.05 Å². The number of benzene rings is 1. The number of carbonyl (C=O) groups is 2. The number of carboxylic acid groups (broad SMARTS) is 2. The number of likely N-dealkylation sites (N-methyl/N-ethyl adjacent to an activating group) is 1. The number of carboxylic acids is 2. The second-order valence-corrected chi connectivity index (χ2v) is 5.75. The first-order valence-electron chi connectivity index (χ1n) is 6.47. The van der Waals surface area contributed by atoms with E-state index < -0.39 is 11.9 Å². The van der Waals surface area contributed by atoms with Crippen LogP contribution in [0, 0.1) is 0 Å². The second kappa shape index (κ2) is 7.19. The van der Waals surface area contributed by atoms with Gasteiger partial charge in [-0.1, -0.05) is 12.1 Å². The van der Waals surface area contributed by atoms with E-state index in [9.17, 15) is 9.59 Å². The number of nitrogens with one attached hydrogen (secondary N) is 1. The van der Waals surface area contributed by atoms with Gasteiger partial charge in [0, 0.05) is 11.1 Å². The topological polar surface area (TPSA) is 113 Å². The minimum atomic E-state index is -1.23. The molecule has 0 aliphatic carbocycles. The lowest BCUT2D eigenvalue weighted by Gasteiger charge is -2.38. The fraction of sp³-hybridized carbons (Fsp3) is 0.467. The molecule has 0 heterocycles. The summed E-state index contributed by atoms with van der Waals surface area (Å²) < 4.78 is 0. The van der Waals surface area contributed by atoms with Crippen molar-refractivity contribution < 1.29 is 19.8 Å². The predicted molar refractivity (Wildman–Crippen MR) is 81.8 cm³/mol. The Morgan fingerprint density at radius 1 is 1.00 bits per heavy atom. The smallest absolute Gasteiger partial charge is 0.336 e. The van der Waals surface area contributed by atoms with E-state index in [0.29, 0.717) is 0 Å². The molecule has 118 valence electrons. The molecule has 1 aromatic rings. The maximum absolute atomic E-state index is 10.5. The standard InChI is InChI=1S/C8H6O4.C7H18N2/c9-7(10)5-3-1-2-4-6(5)8(11)12;1-6(2,8)7(3,4)9-5/h1-4H,(H,9,10)(H,11,12);9H,8H2,1-5H3. The first-order valence-corrected chi connectivity index (χ1v) is 6.47. The number of rotatable bonds is 4. The number of hydrogen-bond acceptors (Lipinski definition) is 4. The highest BCUT2D eigenvalue weighted by molar-refractivity contribution is 6.01. The van der Waals surface area contributed by atoms with E-state index in [2.05, 4.69) is 19.2 Å². The monoisotopic (exact) mass is 296 g/mol. The first kappa shape index (κ1) is 19.1. The molecule has 0 aromatic heterocycles. The molecule has 0 atom stereocenters. The van der Waals surface area contributed by atoms with Crippen LogP contribution < -0.4 is 11.1 Å². The largest absolute Gasteiger partial charge is 0.478 e. The maximum atomic E-state index is 10.5. The van der Waals surface area contributed by atoms with Crippen molar-refractivity contribution in [2.24, 2.45) is 5.73 Å². The third kappa shape index (κ3) is 5.53. The molecule has 0 saturated carbocycles. The van der Waals surface area contributed by atoms with Gasteiger partial charge in [0.15, 0.2) is 0 Å². The Morgan fingerprint density at radius 3 is 1.48 bits per heavy atom. The molecule has 21 heavy (non-hydrogen) atoms. The third-order valence-electron chi connectivity index (χ3n) is 3.62. The molecule has 1 aromatic carbocycles. The van der Waals surface area contributed by atoms with E-state index in [-0.39, 0.29) is 22.2 Å². The lowest BCUT2D eigenvalue weighted by molar-refractivity contribution is 0.0651. The summed E-state index contributed by atoms with van der Waals surface area (Å²) in [7, 11) is 1.93. The van der Waals surface area contributed by atoms with Crippen molar-refractivity contribution in [3.8, 4) is 0 Å². The van der Waals surface area contributed by atoms with E-state index >= 15 is 0 Å². The zero-order valence-corrected chi connectivity index (χ0v) is 13.1. The lowest BCUT2D eigenvalue weighted by Crippen LogP contribution is -2.59.